The quantitative estimate of drug-likeness (QED) is 0.733. The van der Waals surface area contributed by atoms with Gasteiger partial charge in [-0.3, -0.25) is 4.79 Å². The molecular formula is C19H23ClN2O3S. The number of alkyl halides is 1. The molecule has 0 radical (unpaired) electrons. The standard InChI is InChI=1S/C19H23ClN2O3S/c1-14-4-10-17(11-5-14)26(24,25)18(13-21-19(23)12-20)15-6-8-16(9-7-15)22(2)3/h4-11,18H,12-13H2,1-3H3,(H,21,23)/t18-/m1/s1. The molecule has 0 aliphatic rings. The molecule has 0 aromatic heterocycles. The lowest BCUT2D eigenvalue weighted by Crippen LogP contribution is -2.32. The van der Waals surface area contributed by atoms with Crippen LogP contribution in [0.25, 0.3) is 0 Å². The zero-order valence-corrected chi connectivity index (χ0v) is 16.6. The molecule has 0 saturated carbocycles. The van der Waals surface area contributed by atoms with Crippen molar-refractivity contribution in [1.82, 2.24) is 5.32 Å². The van der Waals surface area contributed by atoms with Crippen LogP contribution in [0.5, 0.6) is 0 Å². The molecule has 2 aromatic carbocycles. The smallest absolute Gasteiger partial charge is 0.234 e. The Morgan fingerprint density at radius 2 is 1.65 bits per heavy atom. The number of halogens is 1. The van der Waals surface area contributed by atoms with Gasteiger partial charge < -0.3 is 10.2 Å². The van der Waals surface area contributed by atoms with Crippen LogP contribution < -0.4 is 10.2 Å². The summed E-state index contributed by atoms with van der Waals surface area (Å²) in [4.78, 5) is 13.7. The van der Waals surface area contributed by atoms with Gasteiger partial charge in [-0.15, -0.1) is 11.6 Å². The normalized spacial score (nSPS) is 12.5. The van der Waals surface area contributed by atoms with E-state index in [0.717, 1.165) is 11.3 Å². The third-order valence-electron chi connectivity index (χ3n) is 4.11. The average molecular weight is 395 g/mol. The molecule has 7 heteroatoms. The molecular weight excluding hydrogens is 372 g/mol. The fourth-order valence-corrected chi connectivity index (χ4v) is 4.30. The van der Waals surface area contributed by atoms with Gasteiger partial charge in [0.1, 0.15) is 11.1 Å². The second kappa shape index (κ2) is 8.56. The number of hydrogen-bond donors (Lipinski definition) is 1. The number of anilines is 1. The first-order chi connectivity index (χ1) is 12.3. The average Bonchev–Trinajstić information content (AvgIpc) is 2.62. The van der Waals surface area contributed by atoms with Crippen molar-refractivity contribution in [3.63, 3.8) is 0 Å². The topological polar surface area (TPSA) is 66.5 Å². The maximum Gasteiger partial charge on any atom is 0.234 e. The molecule has 0 bridgehead atoms. The number of sulfone groups is 1. The van der Waals surface area contributed by atoms with E-state index in [-0.39, 0.29) is 17.3 Å². The van der Waals surface area contributed by atoms with Gasteiger partial charge in [-0.25, -0.2) is 8.42 Å². The number of rotatable bonds is 7. The van der Waals surface area contributed by atoms with Gasteiger partial charge in [-0.1, -0.05) is 29.8 Å². The summed E-state index contributed by atoms with van der Waals surface area (Å²) in [6.45, 7) is 1.86. The van der Waals surface area contributed by atoms with Crippen molar-refractivity contribution >= 4 is 33.0 Å². The summed E-state index contributed by atoms with van der Waals surface area (Å²) in [6, 6.07) is 14.0. The van der Waals surface area contributed by atoms with Crippen LogP contribution in [-0.2, 0) is 14.6 Å². The highest BCUT2D eigenvalue weighted by Gasteiger charge is 2.29. The third-order valence-corrected chi connectivity index (χ3v) is 6.47. The zero-order chi connectivity index (χ0) is 19.3. The van der Waals surface area contributed by atoms with Gasteiger partial charge in [0.05, 0.1) is 4.90 Å². The first-order valence-electron chi connectivity index (χ1n) is 8.16. The van der Waals surface area contributed by atoms with Crippen LogP contribution in [0.1, 0.15) is 16.4 Å². The van der Waals surface area contributed by atoms with E-state index in [0.29, 0.717) is 5.56 Å². The lowest BCUT2D eigenvalue weighted by atomic mass is 10.1. The Morgan fingerprint density at radius 3 is 2.15 bits per heavy atom. The summed E-state index contributed by atoms with van der Waals surface area (Å²) in [6.07, 6.45) is 0. The van der Waals surface area contributed by atoms with Crippen LogP contribution >= 0.6 is 11.6 Å². The van der Waals surface area contributed by atoms with Crippen LogP contribution in [-0.4, -0.2) is 40.8 Å². The van der Waals surface area contributed by atoms with E-state index in [1.54, 1.807) is 36.4 Å². The number of amides is 1. The minimum absolute atomic E-state index is 0.0386. The molecule has 1 N–H and O–H groups in total. The van der Waals surface area contributed by atoms with Gasteiger partial charge in [0, 0.05) is 26.3 Å². The Kier molecular flexibility index (Phi) is 6.67. The fraction of sp³-hybridized carbons (Fsp3) is 0.316. The fourth-order valence-electron chi connectivity index (χ4n) is 2.54. The highest BCUT2D eigenvalue weighted by molar-refractivity contribution is 7.91. The van der Waals surface area contributed by atoms with Crippen LogP contribution in [0.3, 0.4) is 0 Å². The van der Waals surface area contributed by atoms with E-state index in [1.807, 2.05) is 38.1 Å². The highest BCUT2D eigenvalue weighted by Crippen LogP contribution is 2.30. The second-order valence-electron chi connectivity index (χ2n) is 6.27. The summed E-state index contributed by atoms with van der Waals surface area (Å²) >= 11 is 5.52. The van der Waals surface area contributed by atoms with Gasteiger partial charge in [0.15, 0.2) is 9.84 Å². The van der Waals surface area contributed by atoms with Crippen LogP contribution in [0.2, 0.25) is 0 Å². The Morgan fingerprint density at radius 1 is 1.08 bits per heavy atom. The molecule has 0 spiro atoms. The predicted octanol–water partition coefficient (Wildman–Crippen LogP) is 2.93. The first kappa shape index (κ1) is 20.3. The molecule has 26 heavy (non-hydrogen) atoms. The number of benzene rings is 2. The number of hydrogen-bond acceptors (Lipinski definition) is 4. The molecule has 1 atom stereocenters. The van der Waals surface area contributed by atoms with Crippen molar-refractivity contribution in [2.24, 2.45) is 0 Å². The van der Waals surface area contributed by atoms with Crippen molar-refractivity contribution in [2.75, 3.05) is 31.4 Å². The molecule has 2 rings (SSSR count). The largest absolute Gasteiger partial charge is 0.378 e. The lowest BCUT2D eigenvalue weighted by Gasteiger charge is -2.20. The van der Waals surface area contributed by atoms with Crippen molar-refractivity contribution in [2.45, 2.75) is 17.1 Å². The molecule has 0 fully saturated rings. The molecule has 0 saturated heterocycles. The molecule has 0 unspecified atom stereocenters. The van der Waals surface area contributed by atoms with Crippen LogP contribution in [0, 0.1) is 6.92 Å². The molecule has 140 valence electrons. The van der Waals surface area contributed by atoms with Gasteiger partial charge in [-0.2, -0.15) is 0 Å². The monoisotopic (exact) mass is 394 g/mol. The lowest BCUT2D eigenvalue weighted by molar-refractivity contribution is -0.118. The highest BCUT2D eigenvalue weighted by atomic mass is 35.5. The Hall–Kier alpha value is -2.05. The Bertz CT molecular complexity index is 847. The summed E-state index contributed by atoms with van der Waals surface area (Å²) in [7, 11) is 0.147. The minimum Gasteiger partial charge on any atom is -0.378 e. The molecule has 0 aliphatic carbocycles. The SMILES string of the molecule is Cc1ccc(S(=O)(=O)[C@H](CNC(=O)CCl)c2ccc(N(C)C)cc2)cc1. The van der Waals surface area contributed by atoms with Gasteiger partial charge in [-0.05, 0) is 36.8 Å². The van der Waals surface area contributed by atoms with Crippen LogP contribution in [0.15, 0.2) is 53.4 Å². The number of carbonyl (C=O) groups excluding carboxylic acids is 1. The molecule has 5 nitrogen and oxygen atoms in total. The molecule has 0 heterocycles. The predicted molar refractivity (Wildman–Crippen MR) is 106 cm³/mol. The number of nitrogens with zero attached hydrogens (tertiary/aromatic N) is 1. The van der Waals surface area contributed by atoms with Crippen molar-refractivity contribution in [3.8, 4) is 0 Å². The second-order valence-corrected chi connectivity index (χ2v) is 8.67. The number of carbonyl (C=O) groups is 1. The molecule has 1 amide bonds. The Labute approximate surface area is 159 Å². The number of aryl methyl sites for hydroxylation is 1. The summed E-state index contributed by atoms with van der Waals surface area (Å²) in [5, 5.41) is 1.70. The Balaban J connectivity index is 2.42. The first-order valence-corrected chi connectivity index (χ1v) is 10.2. The molecule has 2 aromatic rings. The van der Waals surface area contributed by atoms with Crippen molar-refractivity contribution in [3.05, 3.63) is 59.7 Å². The maximum absolute atomic E-state index is 13.2. The van der Waals surface area contributed by atoms with Gasteiger partial charge in [0.25, 0.3) is 0 Å². The zero-order valence-electron chi connectivity index (χ0n) is 15.1. The van der Waals surface area contributed by atoms with E-state index in [4.69, 9.17) is 11.6 Å². The summed E-state index contributed by atoms with van der Waals surface area (Å²) in [5.41, 5.74) is 2.56. The van der Waals surface area contributed by atoms with E-state index < -0.39 is 21.0 Å². The molecule has 0 aliphatic heterocycles. The van der Waals surface area contributed by atoms with Crippen molar-refractivity contribution in [1.29, 1.82) is 0 Å². The minimum atomic E-state index is -3.68. The summed E-state index contributed by atoms with van der Waals surface area (Å²) in [5.74, 6) is -0.614. The van der Waals surface area contributed by atoms with Crippen molar-refractivity contribution < 1.29 is 13.2 Å². The van der Waals surface area contributed by atoms with E-state index in [9.17, 15) is 13.2 Å². The number of nitrogens with one attached hydrogen (secondary N) is 1. The summed E-state index contributed by atoms with van der Waals surface area (Å²) < 4.78 is 26.3. The van der Waals surface area contributed by atoms with E-state index >= 15 is 0 Å². The third kappa shape index (κ3) is 4.77. The van der Waals surface area contributed by atoms with E-state index in [2.05, 4.69) is 5.32 Å². The van der Waals surface area contributed by atoms with E-state index in [1.165, 1.54) is 0 Å². The van der Waals surface area contributed by atoms with Gasteiger partial charge in [0.2, 0.25) is 5.91 Å². The maximum atomic E-state index is 13.2. The van der Waals surface area contributed by atoms with Crippen LogP contribution in [0.4, 0.5) is 5.69 Å². The van der Waals surface area contributed by atoms with Gasteiger partial charge >= 0.3 is 0 Å².